The molecule has 0 amide bonds. The Morgan fingerprint density at radius 1 is 1.06 bits per heavy atom. The van der Waals surface area contributed by atoms with Crippen molar-refractivity contribution in [3.63, 3.8) is 0 Å². The largest absolute Gasteiger partial charge is 0.478 e. The zero-order chi connectivity index (χ0) is 25.1. The fraction of sp³-hybridized carbons (Fsp3) is 0.429. The molecule has 5 rings (SSSR count). The minimum Gasteiger partial charge on any atom is -0.478 e. The first kappa shape index (κ1) is 25.1. The maximum Gasteiger partial charge on any atom is 0.213 e. The summed E-state index contributed by atoms with van der Waals surface area (Å²) in [5.74, 6) is 1.53. The van der Waals surface area contributed by atoms with Gasteiger partial charge in [0.15, 0.2) is 0 Å². The molecular weight excluding hydrogens is 497 g/mol. The molecule has 0 bridgehead atoms. The van der Waals surface area contributed by atoms with Crippen LogP contribution in [0.3, 0.4) is 0 Å². The summed E-state index contributed by atoms with van der Waals surface area (Å²) in [6.07, 6.45) is 5.34. The van der Waals surface area contributed by atoms with Gasteiger partial charge in [0.25, 0.3) is 0 Å². The average Bonchev–Trinajstić information content (AvgIpc) is 3.68. The maximum absolute atomic E-state index is 7.97. The molecule has 1 aliphatic carbocycles. The standard InChI is InChI=1S/C28H31Cl2N3O3/c1-2-34-28(31)19-10-12-20(13-11-19)33-15-4-5-21(14-16-33)35-17-22-26(32-36-27(22)18-8-9-18)25-23(29)6-3-7-24(25)30/h3,6-7,10-13,18,21,31H,2,4-5,8-9,14-17H2,1H3. The molecule has 1 aromatic heterocycles. The van der Waals surface area contributed by atoms with Crippen molar-refractivity contribution in [1.82, 2.24) is 5.16 Å². The molecule has 8 heteroatoms. The van der Waals surface area contributed by atoms with Crippen LogP contribution in [-0.2, 0) is 16.1 Å². The first-order chi connectivity index (χ1) is 17.5. The normalized spacial score (nSPS) is 18.2. The van der Waals surface area contributed by atoms with Crippen molar-refractivity contribution >= 4 is 34.8 Å². The van der Waals surface area contributed by atoms with Gasteiger partial charge >= 0.3 is 0 Å². The molecule has 1 unspecified atom stereocenters. The van der Waals surface area contributed by atoms with Crippen molar-refractivity contribution in [3.8, 4) is 11.3 Å². The van der Waals surface area contributed by atoms with Gasteiger partial charge in [0, 0.05) is 41.4 Å². The average molecular weight is 528 g/mol. The van der Waals surface area contributed by atoms with E-state index in [4.69, 9.17) is 42.6 Å². The van der Waals surface area contributed by atoms with Gasteiger partial charge in [-0.05, 0) is 75.4 Å². The third-order valence-corrected chi connectivity index (χ3v) is 7.52. The van der Waals surface area contributed by atoms with Crippen LogP contribution in [0.15, 0.2) is 47.0 Å². The summed E-state index contributed by atoms with van der Waals surface area (Å²) in [6, 6.07) is 13.5. The summed E-state index contributed by atoms with van der Waals surface area (Å²) in [5.41, 5.74) is 4.34. The highest BCUT2D eigenvalue weighted by Gasteiger charge is 2.34. The number of hydrogen-bond acceptors (Lipinski definition) is 6. The molecule has 1 aliphatic heterocycles. The van der Waals surface area contributed by atoms with Crippen molar-refractivity contribution in [2.45, 2.75) is 57.7 Å². The second-order valence-electron chi connectivity index (χ2n) is 9.40. The minimum atomic E-state index is 0.150. The Kier molecular flexibility index (Phi) is 7.85. The molecule has 2 aromatic carbocycles. The molecule has 2 heterocycles. The van der Waals surface area contributed by atoms with Crippen LogP contribution < -0.4 is 4.90 Å². The van der Waals surface area contributed by atoms with Crippen LogP contribution in [0.1, 0.15) is 61.8 Å². The van der Waals surface area contributed by atoms with E-state index < -0.39 is 0 Å². The fourth-order valence-corrected chi connectivity index (χ4v) is 5.37. The number of nitrogens with one attached hydrogen (secondary N) is 1. The predicted octanol–water partition coefficient (Wildman–Crippen LogP) is 7.46. The van der Waals surface area contributed by atoms with Gasteiger partial charge in [-0.3, -0.25) is 5.41 Å². The number of rotatable bonds is 8. The molecule has 0 radical (unpaired) electrons. The molecule has 1 saturated heterocycles. The Morgan fingerprint density at radius 2 is 1.81 bits per heavy atom. The lowest BCUT2D eigenvalue weighted by molar-refractivity contribution is 0.0328. The third-order valence-electron chi connectivity index (χ3n) is 6.89. The second kappa shape index (κ2) is 11.2. The summed E-state index contributed by atoms with van der Waals surface area (Å²) in [5, 5.41) is 13.5. The first-order valence-corrected chi connectivity index (χ1v) is 13.4. The van der Waals surface area contributed by atoms with Gasteiger partial charge < -0.3 is 18.9 Å². The van der Waals surface area contributed by atoms with E-state index in [2.05, 4.69) is 22.2 Å². The molecule has 6 nitrogen and oxygen atoms in total. The maximum atomic E-state index is 7.97. The number of aromatic nitrogens is 1. The lowest BCUT2D eigenvalue weighted by Gasteiger charge is -2.23. The monoisotopic (exact) mass is 527 g/mol. The van der Waals surface area contributed by atoms with Gasteiger partial charge in [0.1, 0.15) is 11.5 Å². The summed E-state index contributed by atoms with van der Waals surface area (Å²) in [4.78, 5) is 2.39. The molecule has 1 atom stereocenters. The van der Waals surface area contributed by atoms with Crippen LogP contribution in [0.2, 0.25) is 10.0 Å². The van der Waals surface area contributed by atoms with E-state index in [0.29, 0.717) is 40.4 Å². The van der Waals surface area contributed by atoms with E-state index >= 15 is 0 Å². The van der Waals surface area contributed by atoms with E-state index in [1.807, 2.05) is 37.3 Å². The van der Waals surface area contributed by atoms with E-state index in [9.17, 15) is 0 Å². The number of ether oxygens (including phenoxy) is 2. The van der Waals surface area contributed by atoms with Gasteiger partial charge in [-0.25, -0.2) is 0 Å². The van der Waals surface area contributed by atoms with Crippen molar-refractivity contribution in [2.75, 3.05) is 24.6 Å². The number of hydrogen-bond donors (Lipinski definition) is 1. The molecule has 1 N–H and O–H groups in total. The summed E-state index contributed by atoms with van der Waals surface area (Å²) in [7, 11) is 0. The number of anilines is 1. The lowest BCUT2D eigenvalue weighted by Crippen LogP contribution is -2.25. The van der Waals surface area contributed by atoms with E-state index in [-0.39, 0.29) is 12.0 Å². The zero-order valence-corrected chi connectivity index (χ0v) is 21.9. The Morgan fingerprint density at radius 3 is 2.50 bits per heavy atom. The smallest absolute Gasteiger partial charge is 0.213 e. The Labute approximate surface area is 222 Å². The number of halogens is 2. The lowest BCUT2D eigenvalue weighted by atomic mass is 10.0. The van der Waals surface area contributed by atoms with Crippen LogP contribution in [0, 0.1) is 5.41 Å². The number of benzene rings is 2. The van der Waals surface area contributed by atoms with E-state index in [0.717, 1.165) is 67.8 Å². The van der Waals surface area contributed by atoms with Crippen LogP contribution in [0.5, 0.6) is 0 Å². The van der Waals surface area contributed by atoms with Crippen molar-refractivity contribution in [3.05, 3.63) is 69.4 Å². The van der Waals surface area contributed by atoms with Crippen LogP contribution in [-0.4, -0.2) is 36.9 Å². The van der Waals surface area contributed by atoms with Gasteiger partial charge in [-0.2, -0.15) is 0 Å². The highest BCUT2D eigenvalue weighted by Crippen LogP contribution is 2.46. The molecule has 3 aromatic rings. The summed E-state index contributed by atoms with van der Waals surface area (Å²) in [6.45, 7) is 4.71. The van der Waals surface area contributed by atoms with E-state index in [1.54, 1.807) is 0 Å². The van der Waals surface area contributed by atoms with E-state index in [1.165, 1.54) is 0 Å². The van der Waals surface area contributed by atoms with Crippen LogP contribution in [0.4, 0.5) is 5.69 Å². The third kappa shape index (κ3) is 5.56. The predicted molar refractivity (Wildman–Crippen MR) is 143 cm³/mol. The van der Waals surface area contributed by atoms with Gasteiger partial charge in [-0.15, -0.1) is 0 Å². The Hall–Kier alpha value is -2.54. The van der Waals surface area contributed by atoms with Crippen molar-refractivity contribution < 1.29 is 14.0 Å². The highest BCUT2D eigenvalue weighted by atomic mass is 35.5. The summed E-state index contributed by atoms with van der Waals surface area (Å²) >= 11 is 13.0. The minimum absolute atomic E-state index is 0.150. The number of nitrogens with zero attached hydrogens (tertiary/aromatic N) is 2. The zero-order valence-electron chi connectivity index (χ0n) is 20.4. The molecule has 190 valence electrons. The molecule has 2 aliphatic rings. The highest BCUT2D eigenvalue weighted by molar-refractivity contribution is 6.39. The Bertz CT molecular complexity index is 1190. The SMILES string of the molecule is CCOC(=N)c1ccc(N2CCCC(OCc3c(-c4c(Cl)cccc4Cl)noc3C3CC3)CC2)cc1. The topological polar surface area (TPSA) is 71.6 Å². The summed E-state index contributed by atoms with van der Waals surface area (Å²) < 4.78 is 17.6. The van der Waals surface area contributed by atoms with Crippen molar-refractivity contribution in [2.24, 2.45) is 0 Å². The first-order valence-electron chi connectivity index (χ1n) is 12.7. The van der Waals surface area contributed by atoms with Crippen molar-refractivity contribution in [1.29, 1.82) is 5.41 Å². The van der Waals surface area contributed by atoms with Gasteiger partial charge in [0.05, 0.1) is 29.4 Å². The molecule has 2 fully saturated rings. The second-order valence-corrected chi connectivity index (χ2v) is 10.2. The Balaban J connectivity index is 1.25. The molecule has 1 saturated carbocycles. The quantitative estimate of drug-likeness (QED) is 0.243. The fourth-order valence-electron chi connectivity index (χ4n) is 4.79. The van der Waals surface area contributed by atoms with Gasteiger partial charge in [0.2, 0.25) is 5.90 Å². The molecule has 0 spiro atoms. The van der Waals surface area contributed by atoms with Gasteiger partial charge in [-0.1, -0.05) is 34.4 Å². The van der Waals surface area contributed by atoms with Crippen LogP contribution >= 0.6 is 23.2 Å². The van der Waals surface area contributed by atoms with Crippen LogP contribution in [0.25, 0.3) is 11.3 Å². The molecular formula is C28H31Cl2N3O3. The molecule has 36 heavy (non-hydrogen) atoms.